The molecule has 0 spiro atoms. The number of hydrogen-bond acceptors (Lipinski definition) is 3. The number of carbonyl (C=O) groups is 1. The van der Waals surface area contributed by atoms with Crippen LogP contribution in [0.1, 0.15) is 20.3 Å². The van der Waals surface area contributed by atoms with Crippen LogP contribution in [0.2, 0.25) is 0 Å². The Morgan fingerprint density at radius 3 is 2.36 bits per heavy atom. The lowest BCUT2D eigenvalue weighted by Gasteiger charge is -2.40. The Hall–Kier alpha value is -0.610. The molecule has 0 radical (unpaired) electrons. The molecule has 2 saturated heterocycles. The molecule has 2 atom stereocenters. The van der Waals surface area contributed by atoms with E-state index in [1.165, 1.54) is 0 Å². The van der Waals surface area contributed by atoms with E-state index in [-0.39, 0.29) is 0 Å². The number of piperazine rings is 1. The molecule has 0 saturated carbocycles. The number of likely N-dealkylation sites (N-methyl/N-ethyl adjacent to an activating group) is 1. The number of likely N-dealkylation sites (tertiary alicyclic amines) is 2. The van der Waals surface area contributed by atoms with E-state index < -0.39 is 11.5 Å². The van der Waals surface area contributed by atoms with E-state index in [9.17, 15) is 4.79 Å². The van der Waals surface area contributed by atoms with Gasteiger partial charge in [-0.1, -0.05) is 0 Å². The lowest BCUT2D eigenvalue weighted by Crippen LogP contribution is -2.57. The van der Waals surface area contributed by atoms with Crippen LogP contribution in [0, 0.1) is 0 Å². The second kappa shape index (κ2) is 2.94. The maximum absolute atomic E-state index is 11.1. The topological polar surface area (TPSA) is 43.8 Å². The molecule has 4 heteroatoms. The summed E-state index contributed by atoms with van der Waals surface area (Å²) < 4.78 is 0. The first kappa shape index (κ1) is 9.93. The molecule has 0 aliphatic carbocycles. The Kier molecular flexibility index (Phi) is 2.08. The van der Waals surface area contributed by atoms with Crippen molar-refractivity contribution in [2.75, 3.05) is 20.1 Å². The molecule has 14 heavy (non-hydrogen) atoms. The van der Waals surface area contributed by atoms with E-state index in [4.69, 9.17) is 5.11 Å². The van der Waals surface area contributed by atoms with Gasteiger partial charge in [-0.25, -0.2) is 0 Å². The Bertz CT molecular complexity index is 263. The quantitative estimate of drug-likeness (QED) is 0.690. The molecular weight excluding hydrogens is 180 g/mol. The standard InChI is InChI=1S/C10H18N2O2/c1-10(2,9(13)14)12-6-7-4-8(12)5-11(7)3/h7-8H,4-6H2,1-3H3,(H,13,14). The second-order valence-electron chi connectivity index (χ2n) is 5.00. The van der Waals surface area contributed by atoms with Gasteiger partial charge in [0.25, 0.3) is 0 Å². The zero-order chi connectivity index (χ0) is 10.5. The van der Waals surface area contributed by atoms with Gasteiger partial charge in [-0.3, -0.25) is 9.69 Å². The maximum atomic E-state index is 11.1. The molecule has 0 amide bonds. The van der Waals surface area contributed by atoms with Gasteiger partial charge in [-0.2, -0.15) is 0 Å². The SMILES string of the molecule is CN1CC2CC1CN2C(C)(C)C(=O)O. The van der Waals surface area contributed by atoms with E-state index >= 15 is 0 Å². The third-order valence-electron chi connectivity index (χ3n) is 3.76. The lowest BCUT2D eigenvalue weighted by molar-refractivity contribution is -0.150. The predicted octanol–water partition coefficient (Wildman–Crippen LogP) is 0.238. The number of hydrogen-bond donors (Lipinski definition) is 1. The fourth-order valence-electron chi connectivity index (χ4n) is 2.67. The van der Waals surface area contributed by atoms with Crippen molar-refractivity contribution in [3.63, 3.8) is 0 Å². The largest absolute Gasteiger partial charge is 0.480 e. The van der Waals surface area contributed by atoms with Gasteiger partial charge in [0.1, 0.15) is 5.54 Å². The first-order valence-electron chi connectivity index (χ1n) is 5.13. The molecule has 1 N–H and O–H groups in total. The van der Waals surface area contributed by atoms with Crippen LogP contribution in [-0.4, -0.2) is 58.6 Å². The van der Waals surface area contributed by atoms with Crippen LogP contribution >= 0.6 is 0 Å². The minimum Gasteiger partial charge on any atom is -0.480 e. The zero-order valence-corrected chi connectivity index (χ0v) is 9.03. The molecule has 2 fully saturated rings. The van der Waals surface area contributed by atoms with Gasteiger partial charge in [0.15, 0.2) is 0 Å². The highest BCUT2D eigenvalue weighted by molar-refractivity contribution is 5.77. The van der Waals surface area contributed by atoms with Gasteiger partial charge in [0, 0.05) is 25.2 Å². The lowest BCUT2D eigenvalue weighted by atomic mass is 10.0. The smallest absolute Gasteiger partial charge is 0.323 e. The number of fused-ring (bicyclic) bond motifs is 2. The summed E-state index contributed by atoms with van der Waals surface area (Å²) >= 11 is 0. The van der Waals surface area contributed by atoms with E-state index in [0.717, 1.165) is 19.5 Å². The predicted molar refractivity (Wildman–Crippen MR) is 53.2 cm³/mol. The van der Waals surface area contributed by atoms with Crippen molar-refractivity contribution < 1.29 is 9.90 Å². The number of aliphatic carboxylic acids is 1. The van der Waals surface area contributed by atoms with Crippen LogP contribution in [0.5, 0.6) is 0 Å². The highest BCUT2D eigenvalue weighted by Gasteiger charge is 2.49. The third kappa shape index (κ3) is 1.25. The molecule has 0 aromatic carbocycles. The molecule has 0 aromatic rings. The molecule has 2 bridgehead atoms. The van der Waals surface area contributed by atoms with E-state index in [1.54, 1.807) is 13.8 Å². The number of nitrogens with zero attached hydrogens (tertiary/aromatic N) is 2. The zero-order valence-electron chi connectivity index (χ0n) is 9.03. The summed E-state index contributed by atoms with van der Waals surface area (Å²) in [7, 11) is 2.12. The van der Waals surface area contributed by atoms with Crippen molar-refractivity contribution in [2.45, 2.75) is 37.9 Å². The van der Waals surface area contributed by atoms with Gasteiger partial charge in [0.05, 0.1) is 0 Å². The Labute approximate surface area is 84.5 Å². The molecule has 0 aromatic heterocycles. The van der Waals surface area contributed by atoms with E-state index in [2.05, 4.69) is 16.8 Å². The normalized spacial score (nSPS) is 33.9. The third-order valence-corrected chi connectivity index (χ3v) is 3.76. The highest BCUT2D eigenvalue weighted by Crippen LogP contribution is 2.34. The minimum atomic E-state index is -0.715. The maximum Gasteiger partial charge on any atom is 0.323 e. The van der Waals surface area contributed by atoms with Crippen molar-refractivity contribution >= 4 is 5.97 Å². The molecule has 2 heterocycles. The van der Waals surface area contributed by atoms with Crippen molar-refractivity contribution in [2.24, 2.45) is 0 Å². The molecule has 2 rings (SSSR count). The van der Waals surface area contributed by atoms with E-state index in [1.807, 2.05) is 0 Å². The van der Waals surface area contributed by atoms with Crippen LogP contribution in [-0.2, 0) is 4.79 Å². The first-order chi connectivity index (χ1) is 6.43. The summed E-state index contributed by atoms with van der Waals surface area (Å²) in [5.74, 6) is -0.715. The van der Waals surface area contributed by atoms with Crippen molar-refractivity contribution in [1.82, 2.24) is 9.80 Å². The highest BCUT2D eigenvalue weighted by atomic mass is 16.4. The van der Waals surface area contributed by atoms with Crippen molar-refractivity contribution in [1.29, 1.82) is 0 Å². The number of carboxylic acids is 1. The summed E-state index contributed by atoms with van der Waals surface area (Å²) in [4.78, 5) is 15.6. The summed E-state index contributed by atoms with van der Waals surface area (Å²) in [6, 6.07) is 1.01. The molecule has 2 aliphatic rings. The molecular formula is C10H18N2O2. The average molecular weight is 198 g/mol. The second-order valence-corrected chi connectivity index (χ2v) is 5.00. The molecule has 2 unspecified atom stereocenters. The summed E-state index contributed by atoms with van der Waals surface area (Å²) in [6.45, 7) is 5.52. The Balaban J connectivity index is 2.13. The van der Waals surface area contributed by atoms with Crippen LogP contribution in [0.3, 0.4) is 0 Å². The minimum absolute atomic E-state index is 0.441. The average Bonchev–Trinajstić information content (AvgIpc) is 2.61. The fourth-order valence-corrected chi connectivity index (χ4v) is 2.67. The van der Waals surface area contributed by atoms with Gasteiger partial charge >= 0.3 is 5.97 Å². The fraction of sp³-hybridized carbons (Fsp3) is 0.900. The number of carboxylic acid groups (broad SMARTS) is 1. The molecule has 4 nitrogen and oxygen atoms in total. The van der Waals surface area contributed by atoms with Crippen LogP contribution in [0.15, 0.2) is 0 Å². The summed E-state index contributed by atoms with van der Waals surface area (Å²) in [5.41, 5.74) is -0.708. The van der Waals surface area contributed by atoms with Gasteiger partial charge < -0.3 is 10.0 Å². The van der Waals surface area contributed by atoms with Gasteiger partial charge in [-0.15, -0.1) is 0 Å². The van der Waals surface area contributed by atoms with E-state index in [0.29, 0.717) is 12.1 Å². The number of rotatable bonds is 2. The molecule has 2 aliphatic heterocycles. The van der Waals surface area contributed by atoms with Crippen LogP contribution < -0.4 is 0 Å². The van der Waals surface area contributed by atoms with Crippen molar-refractivity contribution in [3.05, 3.63) is 0 Å². The summed E-state index contributed by atoms with van der Waals surface area (Å²) in [6.07, 6.45) is 1.13. The van der Waals surface area contributed by atoms with Crippen LogP contribution in [0.4, 0.5) is 0 Å². The Morgan fingerprint density at radius 2 is 2.00 bits per heavy atom. The monoisotopic (exact) mass is 198 g/mol. The Morgan fingerprint density at radius 1 is 1.36 bits per heavy atom. The van der Waals surface area contributed by atoms with Gasteiger partial charge in [0.2, 0.25) is 0 Å². The molecule has 80 valence electrons. The summed E-state index contributed by atoms with van der Waals surface area (Å²) in [5, 5.41) is 9.14. The first-order valence-corrected chi connectivity index (χ1v) is 5.13. The van der Waals surface area contributed by atoms with Gasteiger partial charge in [-0.05, 0) is 27.3 Å². The van der Waals surface area contributed by atoms with Crippen LogP contribution in [0.25, 0.3) is 0 Å². The van der Waals surface area contributed by atoms with Crippen molar-refractivity contribution in [3.8, 4) is 0 Å².